The first-order valence-electron chi connectivity index (χ1n) is 5.57. The molecule has 2 nitrogen and oxygen atoms in total. The zero-order chi connectivity index (χ0) is 10.6. The van der Waals surface area contributed by atoms with Crippen LogP contribution in [0.15, 0.2) is 0 Å². The van der Waals surface area contributed by atoms with Crippen molar-refractivity contribution >= 4 is 11.8 Å². The quantitative estimate of drug-likeness (QED) is 0.760. The van der Waals surface area contributed by atoms with Crippen LogP contribution in [0.1, 0.15) is 26.2 Å². The highest BCUT2D eigenvalue weighted by atomic mass is 32.2. The van der Waals surface area contributed by atoms with Crippen molar-refractivity contribution in [2.24, 2.45) is 11.7 Å². The van der Waals surface area contributed by atoms with E-state index in [-0.39, 0.29) is 0 Å². The zero-order valence-electron chi connectivity index (χ0n) is 9.75. The van der Waals surface area contributed by atoms with Gasteiger partial charge in [0.1, 0.15) is 0 Å². The van der Waals surface area contributed by atoms with E-state index in [2.05, 4.69) is 25.1 Å². The van der Waals surface area contributed by atoms with Gasteiger partial charge in [0.05, 0.1) is 0 Å². The predicted molar refractivity (Wildman–Crippen MR) is 65.8 cm³/mol. The summed E-state index contributed by atoms with van der Waals surface area (Å²) in [5.41, 5.74) is 6.28. The highest BCUT2D eigenvalue weighted by Gasteiger charge is 2.41. The van der Waals surface area contributed by atoms with Gasteiger partial charge in [-0.1, -0.05) is 13.3 Å². The molecule has 0 aromatic heterocycles. The molecule has 0 radical (unpaired) electrons. The largest absolute Gasteiger partial charge is 0.329 e. The number of nitrogens with zero attached hydrogens (tertiary/aromatic N) is 1. The molecule has 1 rings (SSSR count). The Morgan fingerprint density at radius 2 is 2.29 bits per heavy atom. The van der Waals surface area contributed by atoms with Gasteiger partial charge in [0.25, 0.3) is 0 Å². The van der Waals surface area contributed by atoms with E-state index in [1.807, 2.05) is 11.8 Å². The van der Waals surface area contributed by atoms with Gasteiger partial charge in [-0.05, 0) is 32.1 Å². The van der Waals surface area contributed by atoms with Crippen molar-refractivity contribution in [3.05, 3.63) is 0 Å². The van der Waals surface area contributed by atoms with E-state index in [9.17, 15) is 0 Å². The zero-order valence-corrected chi connectivity index (χ0v) is 10.6. The minimum atomic E-state index is 0.301. The van der Waals surface area contributed by atoms with Gasteiger partial charge < -0.3 is 5.73 Å². The van der Waals surface area contributed by atoms with E-state index in [4.69, 9.17) is 5.73 Å². The molecule has 0 bridgehead atoms. The predicted octanol–water partition coefficient (Wildman–Crippen LogP) is 1.80. The van der Waals surface area contributed by atoms with Crippen LogP contribution in [0.5, 0.6) is 0 Å². The molecule has 0 spiro atoms. The van der Waals surface area contributed by atoms with Crippen molar-refractivity contribution in [3.63, 3.8) is 0 Å². The molecule has 1 aliphatic carbocycles. The van der Waals surface area contributed by atoms with Crippen LogP contribution in [0, 0.1) is 5.92 Å². The lowest BCUT2D eigenvalue weighted by Gasteiger charge is -2.41. The second-order valence-electron chi connectivity index (χ2n) is 4.52. The van der Waals surface area contributed by atoms with Gasteiger partial charge in [-0.25, -0.2) is 0 Å². The molecule has 0 amide bonds. The van der Waals surface area contributed by atoms with Crippen LogP contribution in [0.4, 0.5) is 0 Å². The van der Waals surface area contributed by atoms with Crippen LogP contribution in [-0.4, -0.2) is 42.6 Å². The third-order valence-electron chi connectivity index (χ3n) is 3.91. The van der Waals surface area contributed by atoms with Crippen LogP contribution in [0.3, 0.4) is 0 Å². The number of nitrogens with two attached hydrogens (primary N) is 1. The third kappa shape index (κ3) is 2.26. The summed E-state index contributed by atoms with van der Waals surface area (Å²) in [6, 6.07) is 0. The fourth-order valence-corrected chi connectivity index (χ4v) is 3.16. The standard InChI is InChI=1S/C11H24N2S/c1-10-5-4-6-11(10,9-12)13(2)7-8-14-3/h10H,4-9,12H2,1-3H3. The Balaban J connectivity index is 2.58. The number of hydrogen-bond acceptors (Lipinski definition) is 3. The Morgan fingerprint density at radius 1 is 1.57 bits per heavy atom. The van der Waals surface area contributed by atoms with Gasteiger partial charge in [-0.2, -0.15) is 11.8 Å². The van der Waals surface area contributed by atoms with Crippen LogP contribution >= 0.6 is 11.8 Å². The maximum absolute atomic E-state index is 5.98. The number of likely N-dealkylation sites (N-methyl/N-ethyl adjacent to an activating group) is 1. The molecular weight excluding hydrogens is 192 g/mol. The van der Waals surface area contributed by atoms with Crippen LogP contribution in [0.25, 0.3) is 0 Å². The van der Waals surface area contributed by atoms with Gasteiger partial charge in [-0.15, -0.1) is 0 Å². The second kappa shape index (κ2) is 5.38. The lowest BCUT2D eigenvalue weighted by molar-refractivity contribution is 0.0986. The van der Waals surface area contributed by atoms with Crippen molar-refractivity contribution in [1.29, 1.82) is 0 Å². The van der Waals surface area contributed by atoms with E-state index in [1.54, 1.807) is 0 Å². The van der Waals surface area contributed by atoms with Crippen LogP contribution < -0.4 is 5.73 Å². The third-order valence-corrected chi connectivity index (χ3v) is 4.50. The summed E-state index contributed by atoms with van der Waals surface area (Å²) in [4.78, 5) is 2.50. The molecule has 3 heteroatoms. The molecule has 0 heterocycles. The molecule has 2 N–H and O–H groups in total. The summed E-state index contributed by atoms with van der Waals surface area (Å²) < 4.78 is 0. The molecule has 2 unspecified atom stereocenters. The molecule has 1 fully saturated rings. The van der Waals surface area contributed by atoms with Crippen molar-refractivity contribution in [2.45, 2.75) is 31.7 Å². The molecule has 1 aliphatic rings. The molecule has 0 aliphatic heterocycles. The summed E-state index contributed by atoms with van der Waals surface area (Å²) in [6.07, 6.45) is 6.15. The van der Waals surface area contributed by atoms with Crippen LogP contribution in [-0.2, 0) is 0 Å². The maximum atomic E-state index is 5.98. The van der Waals surface area contributed by atoms with E-state index >= 15 is 0 Å². The summed E-state index contributed by atoms with van der Waals surface area (Å²) >= 11 is 1.92. The van der Waals surface area contributed by atoms with E-state index in [1.165, 1.54) is 31.6 Å². The first-order chi connectivity index (χ1) is 6.67. The number of hydrogen-bond donors (Lipinski definition) is 1. The van der Waals surface area contributed by atoms with Crippen molar-refractivity contribution in [3.8, 4) is 0 Å². The molecule has 1 saturated carbocycles. The first-order valence-corrected chi connectivity index (χ1v) is 6.97. The van der Waals surface area contributed by atoms with Crippen LogP contribution in [0.2, 0.25) is 0 Å². The lowest BCUT2D eigenvalue weighted by Crippen LogP contribution is -2.54. The fraction of sp³-hybridized carbons (Fsp3) is 1.00. The average molecular weight is 216 g/mol. The van der Waals surface area contributed by atoms with Crippen molar-refractivity contribution < 1.29 is 0 Å². The molecule has 14 heavy (non-hydrogen) atoms. The minimum Gasteiger partial charge on any atom is -0.329 e. The monoisotopic (exact) mass is 216 g/mol. The van der Waals surface area contributed by atoms with E-state index < -0.39 is 0 Å². The SMILES string of the molecule is CSCCN(C)C1(CN)CCCC1C. The van der Waals surface area contributed by atoms with Gasteiger partial charge in [0, 0.05) is 24.4 Å². The summed E-state index contributed by atoms with van der Waals surface area (Å²) in [5.74, 6) is 1.98. The highest BCUT2D eigenvalue weighted by molar-refractivity contribution is 7.98. The Kier molecular flexibility index (Phi) is 4.74. The topological polar surface area (TPSA) is 29.3 Å². The number of rotatable bonds is 5. The molecule has 0 aromatic carbocycles. The van der Waals surface area contributed by atoms with Crippen molar-refractivity contribution in [2.75, 3.05) is 32.1 Å². The average Bonchev–Trinajstić information content (AvgIpc) is 2.57. The van der Waals surface area contributed by atoms with Gasteiger partial charge >= 0.3 is 0 Å². The Hall–Kier alpha value is 0.270. The van der Waals surface area contributed by atoms with Gasteiger partial charge in [0.15, 0.2) is 0 Å². The smallest absolute Gasteiger partial charge is 0.0354 e. The van der Waals surface area contributed by atoms with Gasteiger partial charge in [-0.3, -0.25) is 4.90 Å². The highest BCUT2D eigenvalue weighted by Crippen LogP contribution is 2.38. The number of thioether (sulfide) groups is 1. The Morgan fingerprint density at radius 3 is 2.71 bits per heavy atom. The molecule has 0 aromatic rings. The maximum Gasteiger partial charge on any atom is 0.0354 e. The summed E-state index contributed by atoms with van der Waals surface area (Å²) in [5, 5.41) is 0. The van der Waals surface area contributed by atoms with Crippen molar-refractivity contribution in [1.82, 2.24) is 4.90 Å². The summed E-state index contributed by atoms with van der Waals surface area (Å²) in [7, 11) is 2.24. The summed E-state index contributed by atoms with van der Waals surface area (Å²) in [6.45, 7) is 4.34. The molecular formula is C11H24N2S. The van der Waals surface area contributed by atoms with E-state index in [0.29, 0.717) is 5.54 Å². The molecule has 2 atom stereocenters. The Labute approximate surface area is 92.6 Å². The van der Waals surface area contributed by atoms with Gasteiger partial charge in [0.2, 0.25) is 0 Å². The lowest BCUT2D eigenvalue weighted by atomic mass is 9.87. The molecule has 0 saturated heterocycles. The minimum absolute atomic E-state index is 0.301. The van der Waals surface area contributed by atoms with E-state index in [0.717, 1.165) is 12.5 Å². The first kappa shape index (κ1) is 12.3. The molecule has 84 valence electrons. The Bertz CT molecular complexity index is 175. The second-order valence-corrected chi connectivity index (χ2v) is 5.50. The normalized spacial score (nSPS) is 32.8. The fourth-order valence-electron chi connectivity index (χ4n) is 2.71.